The second-order valence-corrected chi connectivity index (χ2v) is 6.51. The van der Waals surface area contributed by atoms with Crippen LogP contribution in [0.4, 0.5) is 0 Å². The Hall–Kier alpha value is -0.930. The van der Waals surface area contributed by atoms with Gasteiger partial charge in [-0.05, 0) is 43.4 Å². The fourth-order valence-corrected chi connectivity index (χ4v) is 4.05. The molecule has 0 aliphatic heterocycles. The summed E-state index contributed by atoms with van der Waals surface area (Å²) in [7, 11) is 0. The maximum absolute atomic E-state index is 6.42. The largest absolute Gasteiger partial charge is 0.322 e. The van der Waals surface area contributed by atoms with Crippen molar-refractivity contribution in [1.29, 1.82) is 0 Å². The first-order chi connectivity index (χ1) is 8.74. The maximum atomic E-state index is 6.42. The first kappa shape index (κ1) is 12.1. The van der Waals surface area contributed by atoms with E-state index in [1.54, 1.807) is 11.3 Å². The highest BCUT2D eigenvalue weighted by Crippen LogP contribution is 2.36. The number of benzene rings is 1. The van der Waals surface area contributed by atoms with Crippen molar-refractivity contribution in [3.8, 4) is 0 Å². The fourth-order valence-electron chi connectivity index (χ4n) is 2.89. The predicted octanol–water partition coefficient (Wildman–Crippen LogP) is 4.18. The molecule has 0 amide bonds. The molecule has 18 heavy (non-hydrogen) atoms. The van der Waals surface area contributed by atoms with E-state index in [0.29, 0.717) is 5.92 Å². The Kier molecular flexibility index (Phi) is 3.35. The maximum Gasteiger partial charge on any atom is 0.111 e. The van der Waals surface area contributed by atoms with Gasteiger partial charge in [-0.1, -0.05) is 25.3 Å². The van der Waals surface area contributed by atoms with Crippen LogP contribution in [0.3, 0.4) is 0 Å². The average molecular weight is 260 g/mol. The van der Waals surface area contributed by atoms with E-state index in [9.17, 15) is 0 Å². The van der Waals surface area contributed by atoms with Crippen LogP contribution in [0.15, 0.2) is 18.2 Å². The molecule has 1 atom stereocenters. The van der Waals surface area contributed by atoms with Crippen LogP contribution in [0, 0.1) is 12.8 Å². The van der Waals surface area contributed by atoms with Gasteiger partial charge in [0.2, 0.25) is 0 Å². The van der Waals surface area contributed by atoms with Crippen molar-refractivity contribution < 1.29 is 0 Å². The molecule has 0 saturated heterocycles. The predicted molar refractivity (Wildman–Crippen MR) is 77.9 cm³/mol. The van der Waals surface area contributed by atoms with Crippen LogP contribution in [-0.4, -0.2) is 4.98 Å². The zero-order valence-corrected chi connectivity index (χ0v) is 11.7. The second-order valence-electron chi connectivity index (χ2n) is 5.45. The number of nitrogens with zero attached hydrogens (tertiary/aromatic N) is 1. The summed E-state index contributed by atoms with van der Waals surface area (Å²) >= 11 is 1.78. The van der Waals surface area contributed by atoms with Crippen molar-refractivity contribution >= 4 is 21.6 Å². The molecule has 1 unspecified atom stereocenters. The quantitative estimate of drug-likeness (QED) is 0.879. The Morgan fingerprint density at radius 2 is 2.06 bits per heavy atom. The highest BCUT2D eigenvalue weighted by Gasteiger charge is 2.24. The van der Waals surface area contributed by atoms with Crippen molar-refractivity contribution in [2.75, 3.05) is 0 Å². The SMILES string of the molecule is Cc1ccc2nc(C(N)C3CCCCC3)sc2c1. The van der Waals surface area contributed by atoms with Gasteiger partial charge in [-0.25, -0.2) is 4.98 Å². The van der Waals surface area contributed by atoms with Crippen LogP contribution in [0.2, 0.25) is 0 Å². The molecular formula is C15H20N2S. The van der Waals surface area contributed by atoms with Crippen LogP contribution in [0.5, 0.6) is 0 Å². The van der Waals surface area contributed by atoms with Gasteiger partial charge in [0.15, 0.2) is 0 Å². The molecule has 1 aromatic carbocycles. The van der Waals surface area contributed by atoms with Gasteiger partial charge in [-0.3, -0.25) is 0 Å². The topological polar surface area (TPSA) is 38.9 Å². The zero-order valence-electron chi connectivity index (χ0n) is 10.9. The van der Waals surface area contributed by atoms with E-state index in [1.165, 1.54) is 42.4 Å². The van der Waals surface area contributed by atoms with E-state index in [2.05, 4.69) is 25.1 Å². The second kappa shape index (κ2) is 4.98. The first-order valence-corrected chi connectivity index (χ1v) is 7.68. The highest BCUT2D eigenvalue weighted by molar-refractivity contribution is 7.18. The lowest BCUT2D eigenvalue weighted by Gasteiger charge is -2.25. The number of rotatable bonds is 2. The van der Waals surface area contributed by atoms with Crippen molar-refractivity contribution in [2.24, 2.45) is 11.7 Å². The molecule has 3 heteroatoms. The Bertz CT molecular complexity index is 540. The number of aromatic nitrogens is 1. The third kappa shape index (κ3) is 2.29. The molecule has 1 aromatic heterocycles. The minimum absolute atomic E-state index is 0.142. The minimum atomic E-state index is 0.142. The fraction of sp³-hybridized carbons (Fsp3) is 0.533. The van der Waals surface area contributed by atoms with Crippen molar-refractivity contribution in [2.45, 2.75) is 45.1 Å². The van der Waals surface area contributed by atoms with Crippen LogP contribution < -0.4 is 5.73 Å². The van der Waals surface area contributed by atoms with Crippen molar-refractivity contribution in [3.05, 3.63) is 28.8 Å². The molecule has 3 rings (SSSR count). The molecule has 1 saturated carbocycles. The van der Waals surface area contributed by atoms with E-state index in [1.807, 2.05) is 0 Å². The smallest absolute Gasteiger partial charge is 0.111 e. The standard InChI is InChI=1S/C15H20N2S/c1-10-7-8-12-13(9-10)18-15(17-12)14(16)11-5-3-2-4-6-11/h7-9,11,14H,2-6,16H2,1H3. The molecule has 1 heterocycles. The van der Waals surface area contributed by atoms with Gasteiger partial charge in [0.1, 0.15) is 5.01 Å². The van der Waals surface area contributed by atoms with Crippen LogP contribution in [-0.2, 0) is 0 Å². The van der Waals surface area contributed by atoms with Crippen LogP contribution in [0.25, 0.3) is 10.2 Å². The molecule has 1 fully saturated rings. The first-order valence-electron chi connectivity index (χ1n) is 6.87. The molecule has 0 radical (unpaired) electrons. The molecule has 2 nitrogen and oxygen atoms in total. The van der Waals surface area contributed by atoms with Gasteiger partial charge in [0.25, 0.3) is 0 Å². The van der Waals surface area contributed by atoms with Crippen molar-refractivity contribution in [3.63, 3.8) is 0 Å². The molecule has 0 spiro atoms. The minimum Gasteiger partial charge on any atom is -0.322 e. The van der Waals surface area contributed by atoms with Gasteiger partial charge in [0, 0.05) is 0 Å². The van der Waals surface area contributed by atoms with E-state index in [4.69, 9.17) is 10.7 Å². The summed E-state index contributed by atoms with van der Waals surface area (Å²) in [6.07, 6.45) is 6.60. The number of hydrogen-bond donors (Lipinski definition) is 1. The lowest BCUT2D eigenvalue weighted by atomic mass is 9.84. The van der Waals surface area contributed by atoms with E-state index >= 15 is 0 Å². The Balaban J connectivity index is 1.88. The van der Waals surface area contributed by atoms with Gasteiger partial charge in [-0.2, -0.15) is 0 Å². The normalized spacial score (nSPS) is 19.2. The van der Waals surface area contributed by atoms with Crippen LogP contribution >= 0.6 is 11.3 Å². The summed E-state index contributed by atoms with van der Waals surface area (Å²) in [6, 6.07) is 6.59. The molecular weight excluding hydrogens is 240 g/mol. The van der Waals surface area contributed by atoms with E-state index in [-0.39, 0.29) is 6.04 Å². The number of fused-ring (bicyclic) bond motifs is 1. The molecule has 2 aromatic rings. The number of thiazole rings is 1. The summed E-state index contributed by atoms with van der Waals surface area (Å²) in [5.74, 6) is 0.639. The summed E-state index contributed by atoms with van der Waals surface area (Å²) in [4.78, 5) is 4.72. The van der Waals surface area contributed by atoms with Gasteiger partial charge >= 0.3 is 0 Å². The average Bonchev–Trinajstić information content (AvgIpc) is 2.81. The number of nitrogens with two attached hydrogens (primary N) is 1. The van der Waals surface area contributed by atoms with Crippen LogP contribution in [0.1, 0.15) is 48.7 Å². The van der Waals surface area contributed by atoms with E-state index in [0.717, 1.165) is 10.5 Å². The molecule has 1 aliphatic rings. The summed E-state index contributed by atoms with van der Waals surface area (Å²) in [5.41, 5.74) is 8.82. The lowest BCUT2D eigenvalue weighted by Crippen LogP contribution is -2.23. The van der Waals surface area contributed by atoms with Gasteiger partial charge in [0.05, 0.1) is 16.3 Å². The third-order valence-corrected chi connectivity index (χ3v) is 5.12. The Labute approximate surface area is 112 Å². The third-order valence-electron chi connectivity index (χ3n) is 4.00. The lowest BCUT2D eigenvalue weighted by molar-refractivity contribution is 0.308. The Morgan fingerprint density at radius 3 is 2.83 bits per heavy atom. The molecule has 0 bridgehead atoms. The van der Waals surface area contributed by atoms with Crippen molar-refractivity contribution in [1.82, 2.24) is 4.98 Å². The number of aryl methyl sites for hydroxylation is 1. The zero-order chi connectivity index (χ0) is 12.5. The molecule has 96 valence electrons. The van der Waals surface area contributed by atoms with Gasteiger partial charge in [-0.15, -0.1) is 11.3 Å². The van der Waals surface area contributed by atoms with Gasteiger partial charge < -0.3 is 5.73 Å². The summed E-state index contributed by atoms with van der Waals surface area (Å²) in [5, 5.41) is 1.13. The Morgan fingerprint density at radius 1 is 1.28 bits per heavy atom. The summed E-state index contributed by atoms with van der Waals surface area (Å²) in [6.45, 7) is 2.12. The van der Waals surface area contributed by atoms with E-state index < -0.39 is 0 Å². The molecule has 1 aliphatic carbocycles. The molecule has 2 N–H and O–H groups in total. The highest BCUT2D eigenvalue weighted by atomic mass is 32.1. The summed E-state index contributed by atoms with van der Waals surface area (Å²) < 4.78 is 1.27. The number of hydrogen-bond acceptors (Lipinski definition) is 3. The monoisotopic (exact) mass is 260 g/mol.